The van der Waals surface area contributed by atoms with Gasteiger partial charge >= 0.3 is 5.97 Å². The lowest BCUT2D eigenvalue weighted by atomic mass is 9.87. The molecule has 1 rings (SSSR count). The molecule has 1 aromatic rings. The van der Waals surface area contributed by atoms with Gasteiger partial charge in [0.15, 0.2) is 0 Å². The van der Waals surface area contributed by atoms with Crippen LogP contribution in [-0.4, -0.2) is 30.8 Å². The number of rotatable bonds is 7. The maximum atomic E-state index is 12.4. The number of carbonyl (C=O) groups is 1. The zero-order valence-electron chi connectivity index (χ0n) is 13.3. The summed E-state index contributed by atoms with van der Waals surface area (Å²) in [6.07, 6.45) is 0.488. The first-order valence-corrected chi connectivity index (χ1v) is 7.78. The summed E-state index contributed by atoms with van der Waals surface area (Å²) < 4.78 is 11.6. The molecule has 1 aromatic carbocycles. The maximum Gasteiger partial charge on any atom is 0.331 e. The van der Waals surface area contributed by atoms with E-state index in [-0.39, 0.29) is 5.97 Å². The highest BCUT2D eigenvalue weighted by atomic mass is 79.9. The van der Waals surface area contributed by atoms with Crippen LogP contribution in [0.3, 0.4) is 0 Å². The molecule has 0 spiro atoms. The molecule has 0 aliphatic heterocycles. The van der Waals surface area contributed by atoms with Gasteiger partial charge in [0.25, 0.3) is 0 Å². The molecule has 0 aromatic heterocycles. The van der Waals surface area contributed by atoms with E-state index in [4.69, 9.17) is 9.47 Å². The van der Waals surface area contributed by atoms with Crippen LogP contribution in [-0.2, 0) is 14.3 Å². The van der Waals surface area contributed by atoms with E-state index in [0.717, 1.165) is 10.2 Å². The first-order valence-electron chi connectivity index (χ1n) is 6.98. The molecule has 0 radical (unpaired) electrons. The average molecular weight is 358 g/mol. The van der Waals surface area contributed by atoms with Gasteiger partial charge in [-0.15, -0.1) is 0 Å². The molecule has 4 nitrogen and oxygen atoms in total. The Kier molecular flexibility index (Phi) is 6.23. The fourth-order valence-corrected chi connectivity index (χ4v) is 2.67. The van der Waals surface area contributed by atoms with Crippen LogP contribution in [0.25, 0.3) is 0 Å². The molecule has 0 amide bonds. The summed E-state index contributed by atoms with van der Waals surface area (Å²) in [5.41, 5.74) is -0.455. The van der Waals surface area contributed by atoms with E-state index in [1.165, 1.54) is 0 Å². The SMILES string of the molecule is CCOC(=O)C(C)(CC(C)(C)OC)Nc1cccc(Br)c1. The number of benzene rings is 1. The van der Waals surface area contributed by atoms with Crippen molar-refractivity contribution in [3.8, 4) is 0 Å². The third-order valence-corrected chi connectivity index (χ3v) is 3.80. The highest BCUT2D eigenvalue weighted by molar-refractivity contribution is 9.10. The molecular formula is C16H24BrNO3. The molecule has 0 heterocycles. The van der Waals surface area contributed by atoms with E-state index < -0.39 is 11.1 Å². The minimum Gasteiger partial charge on any atom is -0.464 e. The standard InChI is InChI=1S/C16H24BrNO3/c1-6-21-14(19)16(4,11-15(2,3)20-5)18-13-9-7-8-12(17)10-13/h7-10,18H,6,11H2,1-5H3. The van der Waals surface area contributed by atoms with Crippen molar-refractivity contribution in [1.29, 1.82) is 0 Å². The molecular weight excluding hydrogens is 334 g/mol. The Hall–Kier alpha value is -1.07. The predicted molar refractivity (Wildman–Crippen MR) is 88.5 cm³/mol. The van der Waals surface area contributed by atoms with Gasteiger partial charge in [0.05, 0.1) is 12.2 Å². The van der Waals surface area contributed by atoms with Gasteiger partial charge in [0.2, 0.25) is 0 Å². The van der Waals surface area contributed by atoms with E-state index in [1.54, 1.807) is 14.0 Å². The number of esters is 1. The van der Waals surface area contributed by atoms with Gasteiger partial charge in [-0.3, -0.25) is 0 Å². The van der Waals surface area contributed by atoms with Crippen molar-refractivity contribution < 1.29 is 14.3 Å². The van der Waals surface area contributed by atoms with E-state index in [2.05, 4.69) is 21.2 Å². The highest BCUT2D eigenvalue weighted by Gasteiger charge is 2.40. The molecule has 0 aliphatic rings. The van der Waals surface area contributed by atoms with E-state index >= 15 is 0 Å². The smallest absolute Gasteiger partial charge is 0.331 e. The van der Waals surface area contributed by atoms with Crippen molar-refractivity contribution in [3.63, 3.8) is 0 Å². The van der Waals surface area contributed by atoms with Crippen molar-refractivity contribution in [1.82, 2.24) is 0 Å². The first-order chi connectivity index (χ1) is 9.72. The molecule has 0 fully saturated rings. The largest absolute Gasteiger partial charge is 0.464 e. The van der Waals surface area contributed by atoms with Gasteiger partial charge in [0.1, 0.15) is 5.54 Å². The number of methoxy groups -OCH3 is 1. The lowest BCUT2D eigenvalue weighted by molar-refractivity contribution is -0.150. The molecule has 1 N–H and O–H groups in total. The van der Waals surface area contributed by atoms with Gasteiger partial charge in [-0.1, -0.05) is 22.0 Å². The predicted octanol–water partition coefficient (Wildman–Crippen LogP) is 4.00. The van der Waals surface area contributed by atoms with E-state index in [0.29, 0.717) is 13.0 Å². The van der Waals surface area contributed by atoms with Gasteiger partial charge < -0.3 is 14.8 Å². The zero-order valence-corrected chi connectivity index (χ0v) is 14.9. The van der Waals surface area contributed by atoms with Crippen LogP contribution in [0.2, 0.25) is 0 Å². The van der Waals surface area contributed by atoms with Gasteiger partial charge in [-0.2, -0.15) is 0 Å². The molecule has 0 saturated heterocycles. The fraction of sp³-hybridized carbons (Fsp3) is 0.562. The van der Waals surface area contributed by atoms with Crippen LogP contribution in [0.15, 0.2) is 28.7 Å². The Morgan fingerprint density at radius 1 is 1.33 bits per heavy atom. The monoisotopic (exact) mass is 357 g/mol. The Morgan fingerprint density at radius 2 is 2.00 bits per heavy atom. The summed E-state index contributed by atoms with van der Waals surface area (Å²) in [5.74, 6) is -0.282. The number of nitrogens with one attached hydrogen (secondary N) is 1. The summed E-state index contributed by atoms with van der Waals surface area (Å²) in [7, 11) is 1.64. The Labute approximate surface area is 135 Å². The lowest BCUT2D eigenvalue weighted by Gasteiger charge is -2.36. The number of ether oxygens (including phenoxy) is 2. The number of halogens is 1. The molecule has 0 aliphatic carbocycles. The minimum absolute atomic E-state index is 0.282. The van der Waals surface area contributed by atoms with Gasteiger partial charge in [-0.25, -0.2) is 4.79 Å². The molecule has 1 atom stereocenters. The van der Waals surface area contributed by atoms with Crippen LogP contribution in [0.4, 0.5) is 5.69 Å². The van der Waals surface area contributed by atoms with Crippen LogP contribution >= 0.6 is 15.9 Å². The van der Waals surface area contributed by atoms with Crippen molar-refractivity contribution in [2.75, 3.05) is 19.0 Å². The highest BCUT2D eigenvalue weighted by Crippen LogP contribution is 2.29. The minimum atomic E-state index is -0.865. The summed E-state index contributed by atoms with van der Waals surface area (Å²) in [5, 5.41) is 3.29. The number of carbonyl (C=O) groups excluding carboxylic acids is 1. The molecule has 5 heteroatoms. The van der Waals surface area contributed by atoms with Crippen molar-refractivity contribution in [3.05, 3.63) is 28.7 Å². The fourth-order valence-electron chi connectivity index (χ4n) is 2.27. The summed E-state index contributed by atoms with van der Waals surface area (Å²) in [6.45, 7) is 7.90. The second kappa shape index (κ2) is 7.27. The third-order valence-electron chi connectivity index (χ3n) is 3.30. The second-order valence-electron chi connectivity index (χ2n) is 5.83. The normalized spacial score (nSPS) is 14.4. The maximum absolute atomic E-state index is 12.4. The van der Waals surface area contributed by atoms with Crippen molar-refractivity contribution >= 4 is 27.6 Å². The van der Waals surface area contributed by atoms with Gasteiger partial charge in [-0.05, 0) is 45.9 Å². The average Bonchev–Trinajstić information content (AvgIpc) is 2.38. The quantitative estimate of drug-likeness (QED) is 0.749. The van der Waals surface area contributed by atoms with Crippen LogP contribution in [0.5, 0.6) is 0 Å². The molecule has 0 saturated carbocycles. The van der Waals surface area contributed by atoms with Crippen LogP contribution in [0.1, 0.15) is 34.1 Å². The Balaban J connectivity index is 3.04. The van der Waals surface area contributed by atoms with Crippen molar-refractivity contribution in [2.24, 2.45) is 0 Å². The molecule has 0 bridgehead atoms. The second-order valence-corrected chi connectivity index (χ2v) is 6.74. The molecule has 1 unspecified atom stereocenters. The van der Waals surface area contributed by atoms with Crippen LogP contribution < -0.4 is 5.32 Å². The lowest BCUT2D eigenvalue weighted by Crippen LogP contribution is -2.50. The van der Waals surface area contributed by atoms with E-state index in [1.807, 2.05) is 45.0 Å². The summed E-state index contributed by atoms with van der Waals surface area (Å²) in [4.78, 5) is 12.4. The summed E-state index contributed by atoms with van der Waals surface area (Å²) >= 11 is 3.43. The first kappa shape index (κ1) is 18.0. The topological polar surface area (TPSA) is 47.6 Å². The molecule has 118 valence electrons. The zero-order chi connectivity index (χ0) is 16.1. The molecule has 21 heavy (non-hydrogen) atoms. The van der Waals surface area contributed by atoms with Gasteiger partial charge in [0, 0.05) is 23.7 Å². The van der Waals surface area contributed by atoms with Crippen molar-refractivity contribution in [2.45, 2.75) is 45.3 Å². The number of anilines is 1. The Bertz CT molecular complexity index is 490. The van der Waals surface area contributed by atoms with E-state index in [9.17, 15) is 4.79 Å². The Morgan fingerprint density at radius 3 is 2.52 bits per heavy atom. The summed E-state index contributed by atoms with van der Waals surface area (Å²) in [6, 6.07) is 7.70. The third kappa shape index (κ3) is 5.32. The number of hydrogen-bond donors (Lipinski definition) is 1. The van der Waals surface area contributed by atoms with Crippen LogP contribution in [0, 0.1) is 0 Å². The number of hydrogen-bond acceptors (Lipinski definition) is 4.